The van der Waals surface area contributed by atoms with Crippen molar-refractivity contribution in [3.63, 3.8) is 0 Å². The molecule has 0 atom stereocenters. The van der Waals surface area contributed by atoms with Crippen molar-refractivity contribution in [2.24, 2.45) is 5.10 Å². The minimum Gasteiger partial charge on any atom is -0.494 e. The van der Waals surface area contributed by atoms with E-state index in [0.717, 1.165) is 22.2 Å². The number of unbranched alkanes of at least 4 members (excludes halogenated alkanes) is 5. The molecule has 2 aromatic carbocycles. The maximum atomic E-state index is 12.2. The number of hydrazone groups is 1. The predicted molar refractivity (Wildman–Crippen MR) is 117 cm³/mol. The zero-order valence-corrected chi connectivity index (χ0v) is 18.5. The molecule has 0 saturated heterocycles. The van der Waals surface area contributed by atoms with Gasteiger partial charge in [-0.15, -0.1) is 0 Å². The lowest BCUT2D eigenvalue weighted by Gasteiger charge is -2.06. The quantitative estimate of drug-likeness (QED) is 0.255. The van der Waals surface area contributed by atoms with Gasteiger partial charge < -0.3 is 4.74 Å². The van der Waals surface area contributed by atoms with Crippen LogP contribution in [0.1, 0.15) is 51.0 Å². The van der Waals surface area contributed by atoms with Gasteiger partial charge in [-0.25, -0.2) is 4.83 Å². The molecule has 0 fully saturated rings. The summed E-state index contributed by atoms with van der Waals surface area (Å²) in [5.41, 5.74) is 0.783. The van der Waals surface area contributed by atoms with Crippen molar-refractivity contribution in [1.29, 1.82) is 0 Å². The Bertz CT molecular complexity index is 835. The number of hydrogen-bond acceptors (Lipinski definition) is 4. The van der Waals surface area contributed by atoms with Crippen molar-refractivity contribution in [2.45, 2.75) is 50.3 Å². The lowest BCUT2D eigenvalue weighted by Crippen LogP contribution is -2.18. The van der Waals surface area contributed by atoms with Gasteiger partial charge in [0, 0.05) is 4.47 Å². The molecule has 0 heterocycles. The zero-order chi connectivity index (χ0) is 20.2. The largest absolute Gasteiger partial charge is 0.494 e. The summed E-state index contributed by atoms with van der Waals surface area (Å²) in [6.45, 7) is 2.93. The van der Waals surface area contributed by atoms with Gasteiger partial charge in [-0.1, -0.05) is 55.0 Å². The van der Waals surface area contributed by atoms with Gasteiger partial charge in [-0.2, -0.15) is 13.5 Å². The van der Waals surface area contributed by atoms with E-state index in [9.17, 15) is 8.42 Å². The Balaban J connectivity index is 1.76. The molecule has 0 aliphatic carbocycles. The highest BCUT2D eigenvalue weighted by atomic mass is 79.9. The Morgan fingerprint density at radius 1 is 0.964 bits per heavy atom. The van der Waals surface area contributed by atoms with Crippen molar-refractivity contribution in [3.8, 4) is 5.75 Å². The standard InChI is InChI=1S/C21H27BrN2O3S/c1-2-3-4-5-6-7-16-27-20-12-8-18(9-13-20)17-23-24-28(25,26)21-14-10-19(22)11-15-21/h8-15,17,24H,2-7,16H2,1H3. The van der Waals surface area contributed by atoms with Crippen molar-refractivity contribution in [1.82, 2.24) is 4.83 Å². The second-order valence-electron chi connectivity index (χ2n) is 6.49. The van der Waals surface area contributed by atoms with Crippen LogP contribution in [0, 0.1) is 0 Å². The molecule has 0 aliphatic rings. The van der Waals surface area contributed by atoms with E-state index in [0.29, 0.717) is 6.61 Å². The summed E-state index contributed by atoms with van der Waals surface area (Å²) in [5, 5.41) is 3.84. The van der Waals surface area contributed by atoms with Crippen molar-refractivity contribution >= 4 is 32.2 Å². The van der Waals surface area contributed by atoms with E-state index in [4.69, 9.17) is 4.74 Å². The Labute approximate surface area is 176 Å². The molecule has 0 bridgehead atoms. The highest BCUT2D eigenvalue weighted by molar-refractivity contribution is 9.10. The van der Waals surface area contributed by atoms with Crippen LogP contribution < -0.4 is 9.57 Å². The van der Waals surface area contributed by atoms with Gasteiger partial charge >= 0.3 is 0 Å². The average Bonchev–Trinajstić information content (AvgIpc) is 2.69. The summed E-state index contributed by atoms with van der Waals surface area (Å²) in [6, 6.07) is 13.8. The molecule has 28 heavy (non-hydrogen) atoms. The third kappa shape index (κ3) is 8.02. The van der Waals surface area contributed by atoms with E-state index >= 15 is 0 Å². The monoisotopic (exact) mass is 466 g/mol. The van der Waals surface area contributed by atoms with Gasteiger partial charge in [0.2, 0.25) is 0 Å². The molecule has 0 saturated carbocycles. The second-order valence-corrected chi connectivity index (χ2v) is 9.07. The fourth-order valence-corrected chi connectivity index (χ4v) is 3.61. The van der Waals surface area contributed by atoms with Crippen LogP contribution in [-0.2, 0) is 10.0 Å². The number of ether oxygens (including phenoxy) is 1. The number of hydrogen-bond donors (Lipinski definition) is 1. The molecule has 5 nitrogen and oxygen atoms in total. The molecule has 1 N–H and O–H groups in total. The van der Waals surface area contributed by atoms with Crippen LogP contribution in [0.4, 0.5) is 0 Å². The SMILES string of the molecule is CCCCCCCCOc1ccc(C=NNS(=O)(=O)c2ccc(Br)cc2)cc1. The van der Waals surface area contributed by atoms with Crippen LogP contribution >= 0.6 is 15.9 Å². The minimum absolute atomic E-state index is 0.159. The average molecular weight is 467 g/mol. The van der Waals surface area contributed by atoms with Crippen LogP contribution in [0.15, 0.2) is 63.0 Å². The van der Waals surface area contributed by atoms with E-state index in [-0.39, 0.29) is 4.90 Å². The molecule has 0 amide bonds. The smallest absolute Gasteiger partial charge is 0.276 e. The molecule has 0 aliphatic heterocycles. The summed E-state index contributed by atoms with van der Waals surface area (Å²) in [5.74, 6) is 0.807. The lowest BCUT2D eigenvalue weighted by atomic mass is 10.1. The maximum Gasteiger partial charge on any atom is 0.276 e. The van der Waals surface area contributed by atoms with Crippen LogP contribution in [0.5, 0.6) is 5.75 Å². The first kappa shape index (κ1) is 22.4. The Hall–Kier alpha value is -1.86. The van der Waals surface area contributed by atoms with E-state index < -0.39 is 10.0 Å². The number of benzene rings is 2. The number of nitrogens with zero attached hydrogens (tertiary/aromatic N) is 1. The Kier molecular flexibility index (Phi) is 9.50. The first-order valence-corrected chi connectivity index (χ1v) is 11.8. The number of rotatable bonds is 12. The van der Waals surface area contributed by atoms with Crippen molar-refractivity contribution in [3.05, 3.63) is 58.6 Å². The van der Waals surface area contributed by atoms with Crippen LogP contribution in [0.2, 0.25) is 0 Å². The van der Waals surface area contributed by atoms with Gasteiger partial charge in [0.15, 0.2) is 0 Å². The maximum absolute atomic E-state index is 12.2. The summed E-state index contributed by atoms with van der Waals surface area (Å²) < 4.78 is 30.9. The van der Waals surface area contributed by atoms with Gasteiger partial charge in [-0.05, 0) is 60.5 Å². The van der Waals surface area contributed by atoms with Crippen LogP contribution in [0.3, 0.4) is 0 Å². The normalized spacial score (nSPS) is 11.6. The van der Waals surface area contributed by atoms with E-state index in [2.05, 4.69) is 32.8 Å². The molecule has 0 aromatic heterocycles. The molecule has 0 spiro atoms. The summed E-state index contributed by atoms with van der Waals surface area (Å²) >= 11 is 3.28. The molecular formula is C21H27BrN2O3S. The molecule has 0 unspecified atom stereocenters. The van der Waals surface area contributed by atoms with Crippen LogP contribution in [0.25, 0.3) is 0 Å². The third-order valence-corrected chi connectivity index (χ3v) is 5.92. The fraction of sp³-hybridized carbons (Fsp3) is 0.381. The fourth-order valence-electron chi connectivity index (χ4n) is 2.56. The zero-order valence-electron chi connectivity index (χ0n) is 16.1. The highest BCUT2D eigenvalue weighted by Crippen LogP contribution is 2.15. The van der Waals surface area contributed by atoms with Gasteiger partial charge in [0.05, 0.1) is 17.7 Å². The number of sulfonamides is 1. The summed E-state index contributed by atoms with van der Waals surface area (Å²) in [7, 11) is -3.67. The van der Waals surface area contributed by atoms with E-state index in [1.54, 1.807) is 12.1 Å². The van der Waals surface area contributed by atoms with E-state index in [1.807, 2.05) is 24.3 Å². The van der Waals surface area contributed by atoms with E-state index in [1.165, 1.54) is 50.5 Å². The van der Waals surface area contributed by atoms with Crippen molar-refractivity contribution < 1.29 is 13.2 Å². The summed E-state index contributed by atoms with van der Waals surface area (Å²) in [4.78, 5) is 2.37. The molecule has 7 heteroatoms. The Morgan fingerprint density at radius 3 is 2.29 bits per heavy atom. The van der Waals surface area contributed by atoms with Crippen LogP contribution in [-0.4, -0.2) is 21.2 Å². The lowest BCUT2D eigenvalue weighted by molar-refractivity contribution is 0.304. The highest BCUT2D eigenvalue weighted by Gasteiger charge is 2.11. The van der Waals surface area contributed by atoms with Gasteiger partial charge in [0.1, 0.15) is 5.75 Å². The first-order valence-electron chi connectivity index (χ1n) is 9.54. The van der Waals surface area contributed by atoms with Crippen molar-refractivity contribution in [2.75, 3.05) is 6.61 Å². The minimum atomic E-state index is -3.67. The second kappa shape index (κ2) is 11.9. The molecule has 152 valence electrons. The topological polar surface area (TPSA) is 67.8 Å². The molecular weight excluding hydrogens is 440 g/mol. The predicted octanol–water partition coefficient (Wildman–Crippen LogP) is 5.50. The van der Waals surface area contributed by atoms with Gasteiger partial charge in [0.25, 0.3) is 10.0 Å². The summed E-state index contributed by atoms with van der Waals surface area (Å²) in [6.07, 6.45) is 8.86. The number of halogens is 1. The molecule has 0 radical (unpaired) electrons. The molecule has 2 aromatic rings. The molecule has 2 rings (SSSR count). The first-order chi connectivity index (χ1) is 13.5. The van der Waals surface area contributed by atoms with Gasteiger partial charge in [-0.3, -0.25) is 0 Å². The Morgan fingerprint density at radius 2 is 1.61 bits per heavy atom. The third-order valence-electron chi connectivity index (χ3n) is 4.16. The number of nitrogens with one attached hydrogen (secondary N) is 1.